The summed E-state index contributed by atoms with van der Waals surface area (Å²) in [6.07, 6.45) is 4.70. The van der Waals surface area contributed by atoms with Gasteiger partial charge in [0.05, 0.1) is 0 Å². The van der Waals surface area contributed by atoms with Crippen LogP contribution in [-0.2, 0) is 4.79 Å². The van der Waals surface area contributed by atoms with Crippen LogP contribution in [0, 0.1) is 5.92 Å². The lowest BCUT2D eigenvalue weighted by atomic mass is 9.97. The topological polar surface area (TPSA) is 49.3 Å². The minimum absolute atomic E-state index is 0.145. The molecule has 14 heavy (non-hydrogen) atoms. The summed E-state index contributed by atoms with van der Waals surface area (Å²) in [5.41, 5.74) is 0. The fourth-order valence-corrected chi connectivity index (χ4v) is 1.54. The third-order valence-electron chi connectivity index (χ3n) is 2.28. The quantitative estimate of drug-likeness (QED) is 0.587. The monoisotopic (exact) mass is 201 g/mol. The van der Waals surface area contributed by atoms with Gasteiger partial charge >= 0.3 is 0 Å². The molecule has 0 bridgehead atoms. The Balaban J connectivity index is 3.76. The molecule has 0 aliphatic carbocycles. The molecule has 0 aromatic carbocycles. The Morgan fingerprint density at radius 1 is 1.29 bits per heavy atom. The second-order valence-electron chi connectivity index (χ2n) is 3.64. The number of amides is 1. The SMILES string of the molecule is CCCC(CCC)C(=O)NCCCO. The maximum Gasteiger partial charge on any atom is 0.223 e. The van der Waals surface area contributed by atoms with Crippen molar-refractivity contribution in [3.05, 3.63) is 0 Å². The number of aliphatic hydroxyl groups excluding tert-OH is 1. The van der Waals surface area contributed by atoms with Crippen molar-refractivity contribution in [1.82, 2.24) is 5.32 Å². The summed E-state index contributed by atoms with van der Waals surface area (Å²) in [5, 5.41) is 11.4. The van der Waals surface area contributed by atoms with Gasteiger partial charge in [-0.1, -0.05) is 26.7 Å². The Hall–Kier alpha value is -0.570. The molecular formula is C11H23NO2. The molecule has 0 aromatic heterocycles. The average Bonchev–Trinajstić information content (AvgIpc) is 2.18. The van der Waals surface area contributed by atoms with Gasteiger partial charge in [-0.15, -0.1) is 0 Å². The molecule has 0 aliphatic heterocycles. The Labute approximate surface area is 86.9 Å². The number of carbonyl (C=O) groups is 1. The molecule has 3 heteroatoms. The van der Waals surface area contributed by atoms with Crippen LogP contribution >= 0.6 is 0 Å². The van der Waals surface area contributed by atoms with E-state index >= 15 is 0 Å². The minimum atomic E-state index is 0.145. The first-order valence-electron chi connectivity index (χ1n) is 5.64. The largest absolute Gasteiger partial charge is 0.396 e. The maximum absolute atomic E-state index is 11.6. The molecule has 0 saturated heterocycles. The van der Waals surface area contributed by atoms with Gasteiger partial charge in [-0.2, -0.15) is 0 Å². The first-order valence-corrected chi connectivity index (χ1v) is 5.64. The van der Waals surface area contributed by atoms with Crippen LogP contribution < -0.4 is 5.32 Å². The molecule has 0 radical (unpaired) electrons. The van der Waals surface area contributed by atoms with Crippen LogP contribution in [0.15, 0.2) is 0 Å². The lowest BCUT2D eigenvalue weighted by molar-refractivity contribution is -0.125. The summed E-state index contributed by atoms with van der Waals surface area (Å²) in [6, 6.07) is 0. The molecule has 0 saturated carbocycles. The van der Waals surface area contributed by atoms with Crippen LogP contribution in [0.5, 0.6) is 0 Å². The lowest BCUT2D eigenvalue weighted by Crippen LogP contribution is -2.31. The van der Waals surface area contributed by atoms with Crippen molar-refractivity contribution >= 4 is 5.91 Å². The predicted molar refractivity (Wildman–Crippen MR) is 58.0 cm³/mol. The zero-order valence-corrected chi connectivity index (χ0v) is 9.38. The van der Waals surface area contributed by atoms with Crippen LogP contribution in [0.25, 0.3) is 0 Å². The van der Waals surface area contributed by atoms with E-state index in [9.17, 15) is 4.79 Å². The molecule has 0 fully saturated rings. The Bertz CT molecular complexity index is 142. The molecule has 0 spiro atoms. The summed E-state index contributed by atoms with van der Waals surface area (Å²) in [7, 11) is 0. The minimum Gasteiger partial charge on any atom is -0.396 e. The molecule has 0 aliphatic rings. The predicted octanol–water partition coefficient (Wildman–Crippen LogP) is 1.70. The van der Waals surface area contributed by atoms with Crippen LogP contribution in [-0.4, -0.2) is 24.2 Å². The summed E-state index contributed by atoms with van der Waals surface area (Å²) < 4.78 is 0. The fourth-order valence-electron chi connectivity index (χ4n) is 1.54. The van der Waals surface area contributed by atoms with Crippen molar-refractivity contribution in [2.45, 2.75) is 46.0 Å². The molecule has 0 aromatic rings. The number of hydrogen-bond acceptors (Lipinski definition) is 2. The van der Waals surface area contributed by atoms with E-state index in [0.717, 1.165) is 25.7 Å². The van der Waals surface area contributed by atoms with Gasteiger partial charge in [-0.25, -0.2) is 0 Å². The number of nitrogens with one attached hydrogen (secondary N) is 1. The highest BCUT2D eigenvalue weighted by Gasteiger charge is 2.15. The molecule has 1 amide bonds. The molecular weight excluding hydrogens is 178 g/mol. The van der Waals surface area contributed by atoms with E-state index < -0.39 is 0 Å². The summed E-state index contributed by atoms with van der Waals surface area (Å²) in [5.74, 6) is 0.325. The molecule has 0 rings (SSSR count). The first kappa shape index (κ1) is 13.4. The van der Waals surface area contributed by atoms with Crippen molar-refractivity contribution in [3.8, 4) is 0 Å². The normalized spacial score (nSPS) is 10.6. The third-order valence-corrected chi connectivity index (χ3v) is 2.28. The van der Waals surface area contributed by atoms with Gasteiger partial charge in [-0.3, -0.25) is 4.79 Å². The van der Waals surface area contributed by atoms with E-state index in [2.05, 4.69) is 19.2 Å². The highest BCUT2D eigenvalue weighted by atomic mass is 16.3. The zero-order valence-electron chi connectivity index (χ0n) is 9.38. The van der Waals surface area contributed by atoms with Gasteiger partial charge in [0.25, 0.3) is 0 Å². The molecule has 3 nitrogen and oxygen atoms in total. The van der Waals surface area contributed by atoms with Crippen molar-refractivity contribution in [3.63, 3.8) is 0 Å². The van der Waals surface area contributed by atoms with E-state index in [1.807, 2.05) is 0 Å². The van der Waals surface area contributed by atoms with E-state index in [1.54, 1.807) is 0 Å². The second kappa shape index (κ2) is 9.00. The van der Waals surface area contributed by atoms with Crippen LogP contribution in [0.4, 0.5) is 0 Å². The fraction of sp³-hybridized carbons (Fsp3) is 0.909. The third kappa shape index (κ3) is 5.97. The number of rotatable bonds is 8. The molecule has 0 atom stereocenters. The van der Waals surface area contributed by atoms with E-state index in [1.165, 1.54) is 0 Å². The Kier molecular flexibility index (Phi) is 8.64. The summed E-state index contributed by atoms with van der Waals surface area (Å²) in [4.78, 5) is 11.6. The molecule has 84 valence electrons. The number of aliphatic hydroxyl groups is 1. The van der Waals surface area contributed by atoms with Gasteiger partial charge in [0.15, 0.2) is 0 Å². The van der Waals surface area contributed by atoms with Crippen molar-refractivity contribution in [2.75, 3.05) is 13.2 Å². The average molecular weight is 201 g/mol. The number of carbonyl (C=O) groups excluding carboxylic acids is 1. The van der Waals surface area contributed by atoms with Crippen LogP contribution in [0.1, 0.15) is 46.0 Å². The van der Waals surface area contributed by atoms with Crippen molar-refractivity contribution < 1.29 is 9.90 Å². The molecule has 2 N–H and O–H groups in total. The van der Waals surface area contributed by atoms with Crippen molar-refractivity contribution in [1.29, 1.82) is 0 Å². The van der Waals surface area contributed by atoms with Gasteiger partial charge in [-0.05, 0) is 19.3 Å². The highest BCUT2D eigenvalue weighted by molar-refractivity contribution is 5.78. The summed E-state index contributed by atoms with van der Waals surface area (Å²) >= 11 is 0. The smallest absolute Gasteiger partial charge is 0.223 e. The zero-order chi connectivity index (χ0) is 10.8. The van der Waals surface area contributed by atoms with E-state index in [0.29, 0.717) is 13.0 Å². The highest BCUT2D eigenvalue weighted by Crippen LogP contribution is 2.13. The molecule has 0 heterocycles. The van der Waals surface area contributed by atoms with Gasteiger partial charge in [0, 0.05) is 19.1 Å². The second-order valence-corrected chi connectivity index (χ2v) is 3.64. The Morgan fingerprint density at radius 3 is 2.29 bits per heavy atom. The Morgan fingerprint density at radius 2 is 1.86 bits per heavy atom. The van der Waals surface area contributed by atoms with Crippen molar-refractivity contribution in [2.24, 2.45) is 5.92 Å². The van der Waals surface area contributed by atoms with Gasteiger partial charge in [0.1, 0.15) is 0 Å². The lowest BCUT2D eigenvalue weighted by Gasteiger charge is -2.14. The van der Waals surface area contributed by atoms with E-state index in [-0.39, 0.29) is 18.4 Å². The molecule has 0 unspecified atom stereocenters. The van der Waals surface area contributed by atoms with Crippen LogP contribution in [0.2, 0.25) is 0 Å². The standard InChI is InChI=1S/C11H23NO2/c1-3-6-10(7-4-2)11(14)12-8-5-9-13/h10,13H,3-9H2,1-2H3,(H,12,14). The van der Waals surface area contributed by atoms with E-state index in [4.69, 9.17) is 5.11 Å². The van der Waals surface area contributed by atoms with Gasteiger partial charge in [0.2, 0.25) is 5.91 Å². The number of hydrogen-bond donors (Lipinski definition) is 2. The first-order chi connectivity index (χ1) is 6.76. The van der Waals surface area contributed by atoms with Gasteiger partial charge < -0.3 is 10.4 Å². The van der Waals surface area contributed by atoms with Crippen LogP contribution in [0.3, 0.4) is 0 Å². The maximum atomic E-state index is 11.6. The summed E-state index contributed by atoms with van der Waals surface area (Å²) in [6.45, 7) is 4.94.